The number of hydrogen-bond donors (Lipinski definition) is 2. The number of hydrogen-bond acceptors (Lipinski definition) is 3. The number of carbonyl (C=O) groups is 1. The minimum atomic E-state index is -0.887. The lowest BCUT2D eigenvalue weighted by atomic mass is 10.1. The van der Waals surface area contributed by atoms with Crippen LogP contribution in [0.1, 0.15) is 31.5 Å². The van der Waals surface area contributed by atoms with Crippen molar-refractivity contribution in [2.45, 2.75) is 32.4 Å². The zero-order valence-corrected chi connectivity index (χ0v) is 8.18. The Bertz CT molecular complexity index is 309. The highest BCUT2D eigenvalue weighted by molar-refractivity contribution is 5.67. The van der Waals surface area contributed by atoms with Gasteiger partial charge in [-0.15, -0.1) is 0 Å². The first-order chi connectivity index (χ1) is 6.65. The van der Waals surface area contributed by atoms with Gasteiger partial charge in [-0.3, -0.25) is 4.79 Å². The molecule has 78 valence electrons. The van der Waals surface area contributed by atoms with Gasteiger partial charge in [0.05, 0.1) is 24.5 Å². The second-order valence-corrected chi connectivity index (χ2v) is 3.22. The van der Waals surface area contributed by atoms with E-state index in [4.69, 9.17) is 10.8 Å². The molecule has 0 aliphatic heterocycles. The molecule has 0 unspecified atom stereocenters. The van der Waals surface area contributed by atoms with Crippen LogP contribution in [0.5, 0.6) is 0 Å². The van der Waals surface area contributed by atoms with E-state index in [-0.39, 0.29) is 6.42 Å². The lowest BCUT2D eigenvalue weighted by Crippen LogP contribution is -2.18. The van der Waals surface area contributed by atoms with Crippen LogP contribution in [-0.4, -0.2) is 20.6 Å². The van der Waals surface area contributed by atoms with Gasteiger partial charge in [-0.05, 0) is 6.42 Å². The van der Waals surface area contributed by atoms with Crippen molar-refractivity contribution in [2.24, 2.45) is 5.73 Å². The first-order valence-corrected chi connectivity index (χ1v) is 4.62. The molecule has 1 heterocycles. The second kappa shape index (κ2) is 4.76. The summed E-state index contributed by atoms with van der Waals surface area (Å²) in [4.78, 5) is 14.4. The standard InChI is InChI=1S/C9H15N3O2/c1-2-3-12-6-11-5-8(12)7(10)4-9(13)14/h5-7H,2-4,10H2,1H3,(H,13,14)/t7-/m0/s1. The third-order valence-corrected chi connectivity index (χ3v) is 1.98. The van der Waals surface area contributed by atoms with Gasteiger partial charge in [0, 0.05) is 12.7 Å². The maximum atomic E-state index is 10.5. The van der Waals surface area contributed by atoms with Crippen molar-refractivity contribution in [3.05, 3.63) is 18.2 Å². The molecule has 1 aromatic rings. The lowest BCUT2D eigenvalue weighted by Gasteiger charge is -2.11. The molecule has 0 radical (unpaired) electrons. The smallest absolute Gasteiger partial charge is 0.305 e. The average molecular weight is 197 g/mol. The molecule has 5 heteroatoms. The van der Waals surface area contributed by atoms with Gasteiger partial charge in [0.15, 0.2) is 0 Å². The highest BCUT2D eigenvalue weighted by Gasteiger charge is 2.14. The van der Waals surface area contributed by atoms with E-state index >= 15 is 0 Å². The van der Waals surface area contributed by atoms with Crippen LogP contribution in [0, 0.1) is 0 Å². The van der Waals surface area contributed by atoms with Crippen molar-refractivity contribution in [1.29, 1.82) is 0 Å². The summed E-state index contributed by atoms with van der Waals surface area (Å²) >= 11 is 0. The molecule has 0 saturated carbocycles. The Hall–Kier alpha value is -1.36. The number of aromatic nitrogens is 2. The third kappa shape index (κ3) is 2.56. The van der Waals surface area contributed by atoms with Crippen LogP contribution in [0.3, 0.4) is 0 Å². The van der Waals surface area contributed by atoms with Crippen LogP contribution in [-0.2, 0) is 11.3 Å². The molecular formula is C9H15N3O2. The number of carboxylic acids is 1. The van der Waals surface area contributed by atoms with Crippen molar-refractivity contribution in [3.63, 3.8) is 0 Å². The molecule has 0 aromatic carbocycles. The molecular weight excluding hydrogens is 182 g/mol. The van der Waals surface area contributed by atoms with E-state index in [0.29, 0.717) is 0 Å². The molecule has 0 amide bonds. The third-order valence-electron chi connectivity index (χ3n) is 1.98. The number of aliphatic carboxylic acids is 1. The summed E-state index contributed by atoms with van der Waals surface area (Å²) in [6, 6.07) is -0.471. The van der Waals surface area contributed by atoms with Gasteiger partial charge in [0.1, 0.15) is 0 Å². The van der Waals surface area contributed by atoms with E-state index in [1.807, 2.05) is 11.5 Å². The Morgan fingerprint density at radius 1 is 1.79 bits per heavy atom. The molecule has 1 aromatic heterocycles. The molecule has 0 spiro atoms. The predicted octanol–water partition coefficient (Wildman–Crippen LogP) is 0.768. The van der Waals surface area contributed by atoms with E-state index in [2.05, 4.69) is 4.98 Å². The van der Waals surface area contributed by atoms with Crippen LogP contribution in [0.2, 0.25) is 0 Å². The number of nitrogens with two attached hydrogens (primary N) is 1. The van der Waals surface area contributed by atoms with E-state index in [9.17, 15) is 4.79 Å². The summed E-state index contributed by atoms with van der Waals surface area (Å²) < 4.78 is 1.90. The number of rotatable bonds is 5. The zero-order valence-electron chi connectivity index (χ0n) is 8.18. The fraction of sp³-hybridized carbons (Fsp3) is 0.556. The van der Waals surface area contributed by atoms with Crippen molar-refractivity contribution >= 4 is 5.97 Å². The van der Waals surface area contributed by atoms with Gasteiger partial charge in [0.25, 0.3) is 0 Å². The fourth-order valence-corrected chi connectivity index (χ4v) is 1.36. The summed E-state index contributed by atoms with van der Waals surface area (Å²) in [5.74, 6) is -0.887. The van der Waals surface area contributed by atoms with Crippen LogP contribution in [0.4, 0.5) is 0 Å². The Morgan fingerprint density at radius 2 is 2.50 bits per heavy atom. The minimum Gasteiger partial charge on any atom is -0.481 e. The highest BCUT2D eigenvalue weighted by atomic mass is 16.4. The van der Waals surface area contributed by atoms with E-state index in [0.717, 1.165) is 18.7 Å². The van der Waals surface area contributed by atoms with Gasteiger partial charge in [-0.2, -0.15) is 0 Å². The quantitative estimate of drug-likeness (QED) is 0.730. The Morgan fingerprint density at radius 3 is 3.07 bits per heavy atom. The van der Waals surface area contributed by atoms with Crippen LogP contribution >= 0.6 is 0 Å². The van der Waals surface area contributed by atoms with E-state index < -0.39 is 12.0 Å². The van der Waals surface area contributed by atoms with Crippen molar-refractivity contribution in [1.82, 2.24) is 9.55 Å². The molecule has 0 aliphatic rings. The van der Waals surface area contributed by atoms with Gasteiger partial charge < -0.3 is 15.4 Å². The molecule has 0 bridgehead atoms. The van der Waals surface area contributed by atoms with E-state index in [1.54, 1.807) is 12.5 Å². The second-order valence-electron chi connectivity index (χ2n) is 3.22. The van der Waals surface area contributed by atoms with Gasteiger partial charge in [-0.25, -0.2) is 4.98 Å². The summed E-state index contributed by atoms with van der Waals surface area (Å²) in [6.07, 6.45) is 4.22. The Kier molecular flexibility index (Phi) is 3.64. The van der Waals surface area contributed by atoms with Crippen molar-refractivity contribution in [3.8, 4) is 0 Å². The first kappa shape index (κ1) is 10.7. The van der Waals surface area contributed by atoms with Crippen LogP contribution in [0.15, 0.2) is 12.5 Å². The summed E-state index contributed by atoms with van der Waals surface area (Å²) in [7, 11) is 0. The number of carboxylic acid groups (broad SMARTS) is 1. The number of aryl methyl sites for hydroxylation is 1. The molecule has 1 atom stereocenters. The lowest BCUT2D eigenvalue weighted by molar-refractivity contribution is -0.137. The predicted molar refractivity (Wildman–Crippen MR) is 51.7 cm³/mol. The minimum absolute atomic E-state index is 0.0601. The summed E-state index contributed by atoms with van der Waals surface area (Å²) in [5, 5.41) is 8.59. The fourth-order valence-electron chi connectivity index (χ4n) is 1.36. The van der Waals surface area contributed by atoms with Crippen molar-refractivity contribution < 1.29 is 9.90 Å². The van der Waals surface area contributed by atoms with Gasteiger partial charge in [-0.1, -0.05) is 6.92 Å². The van der Waals surface area contributed by atoms with Gasteiger partial charge in [0.2, 0.25) is 0 Å². The molecule has 0 saturated heterocycles. The van der Waals surface area contributed by atoms with Crippen molar-refractivity contribution in [2.75, 3.05) is 0 Å². The zero-order chi connectivity index (χ0) is 10.6. The highest BCUT2D eigenvalue weighted by Crippen LogP contribution is 2.13. The van der Waals surface area contributed by atoms with E-state index in [1.165, 1.54) is 0 Å². The number of nitrogens with zero attached hydrogens (tertiary/aromatic N) is 2. The van der Waals surface area contributed by atoms with Gasteiger partial charge >= 0.3 is 5.97 Å². The molecule has 1 rings (SSSR count). The average Bonchev–Trinajstić information content (AvgIpc) is 2.51. The van der Waals surface area contributed by atoms with Crippen LogP contribution in [0.25, 0.3) is 0 Å². The molecule has 0 fully saturated rings. The van der Waals surface area contributed by atoms with Crippen LogP contribution < -0.4 is 5.73 Å². The molecule has 5 nitrogen and oxygen atoms in total. The number of imidazole rings is 1. The largest absolute Gasteiger partial charge is 0.481 e. The molecule has 14 heavy (non-hydrogen) atoms. The molecule has 0 aliphatic carbocycles. The maximum Gasteiger partial charge on any atom is 0.305 e. The first-order valence-electron chi connectivity index (χ1n) is 4.62. The summed E-state index contributed by atoms with van der Waals surface area (Å²) in [5.41, 5.74) is 6.52. The monoisotopic (exact) mass is 197 g/mol. The normalized spacial score (nSPS) is 12.7. The summed E-state index contributed by atoms with van der Waals surface area (Å²) in [6.45, 7) is 2.87. The topological polar surface area (TPSA) is 81.1 Å². The SMILES string of the molecule is CCCn1cncc1[C@@H](N)CC(=O)O. The Balaban J connectivity index is 2.72. The molecule has 3 N–H and O–H groups in total. The Labute approximate surface area is 82.6 Å². The maximum absolute atomic E-state index is 10.5.